The van der Waals surface area contributed by atoms with Crippen LogP contribution in [-0.4, -0.2) is 7.11 Å². The Morgan fingerprint density at radius 2 is 1.66 bits per heavy atom. The molecule has 0 atom stereocenters. The molecule has 1 aromatic rings. The van der Waals surface area contributed by atoms with Crippen molar-refractivity contribution in [2.75, 3.05) is 7.11 Å². The molecule has 0 unspecified atom stereocenters. The molecule has 1 nitrogen and oxygen atoms in total. The van der Waals surface area contributed by atoms with Crippen LogP contribution in [0.25, 0.3) is 0 Å². The van der Waals surface area contributed by atoms with Crippen LogP contribution in [0.4, 0.5) is 0 Å². The van der Waals surface area contributed by atoms with Crippen molar-refractivity contribution in [2.45, 2.75) is 97.8 Å². The van der Waals surface area contributed by atoms with Gasteiger partial charge < -0.3 is 4.74 Å². The zero-order valence-corrected chi connectivity index (χ0v) is 23.5. The van der Waals surface area contributed by atoms with Crippen LogP contribution in [0.15, 0.2) is 83.2 Å². The molecule has 1 aromatic carbocycles. The Morgan fingerprint density at radius 3 is 2.17 bits per heavy atom. The molecule has 35 heavy (non-hydrogen) atoms. The van der Waals surface area contributed by atoms with Crippen molar-refractivity contribution in [1.29, 1.82) is 0 Å². The second kappa shape index (κ2) is 10.6. The quantitative estimate of drug-likeness (QED) is 0.416. The fraction of sp³-hybridized carbons (Fsp3) is 0.471. The highest BCUT2D eigenvalue weighted by Gasteiger charge is 2.37. The lowest BCUT2D eigenvalue weighted by Gasteiger charge is -2.42. The maximum Gasteiger partial charge on any atom is 0.122 e. The molecule has 0 spiro atoms. The largest absolute Gasteiger partial charge is 0.496 e. The van der Waals surface area contributed by atoms with E-state index in [-0.39, 0.29) is 0 Å². The van der Waals surface area contributed by atoms with Crippen molar-refractivity contribution in [1.82, 2.24) is 0 Å². The zero-order chi connectivity index (χ0) is 26.0. The van der Waals surface area contributed by atoms with Gasteiger partial charge in [-0.15, -0.1) is 0 Å². The summed E-state index contributed by atoms with van der Waals surface area (Å²) in [5.74, 6) is 0.976. The second-order valence-corrected chi connectivity index (χ2v) is 12.0. The second-order valence-electron chi connectivity index (χ2n) is 12.0. The van der Waals surface area contributed by atoms with Crippen LogP contribution >= 0.6 is 0 Å². The van der Waals surface area contributed by atoms with Crippen LogP contribution in [0.1, 0.15) is 95.9 Å². The summed E-state index contributed by atoms with van der Waals surface area (Å²) < 4.78 is 5.20. The predicted octanol–water partition coefficient (Wildman–Crippen LogP) is 9.53. The molecule has 0 saturated carbocycles. The average molecular weight is 471 g/mol. The minimum absolute atomic E-state index is 0.290. The lowest BCUT2D eigenvalue weighted by molar-refractivity contribution is 0.298. The summed E-state index contributed by atoms with van der Waals surface area (Å²) in [5.41, 5.74) is 13.3. The molecule has 0 N–H and O–H groups in total. The van der Waals surface area contributed by atoms with E-state index in [1.807, 2.05) is 6.08 Å². The highest BCUT2D eigenvalue weighted by atomic mass is 16.5. The van der Waals surface area contributed by atoms with E-state index in [2.05, 4.69) is 92.0 Å². The fourth-order valence-corrected chi connectivity index (χ4v) is 5.54. The van der Waals surface area contributed by atoms with Gasteiger partial charge >= 0.3 is 0 Å². The molecular formula is C34H46O. The third-order valence-corrected chi connectivity index (χ3v) is 8.21. The van der Waals surface area contributed by atoms with Gasteiger partial charge in [0.25, 0.3) is 0 Å². The zero-order valence-electron chi connectivity index (χ0n) is 23.5. The van der Waals surface area contributed by atoms with E-state index in [0.717, 1.165) is 31.4 Å². The van der Waals surface area contributed by atoms with Crippen LogP contribution in [0, 0.1) is 6.92 Å². The minimum Gasteiger partial charge on any atom is -0.496 e. The van der Waals surface area contributed by atoms with Crippen molar-refractivity contribution in [3.05, 3.63) is 105 Å². The molecular weight excluding hydrogens is 424 g/mol. The Morgan fingerprint density at radius 1 is 1.03 bits per heavy atom. The van der Waals surface area contributed by atoms with E-state index in [4.69, 9.17) is 4.74 Å². The first-order chi connectivity index (χ1) is 16.4. The number of methoxy groups -OCH3 is 1. The number of rotatable bonds is 5. The fourth-order valence-electron chi connectivity index (χ4n) is 5.54. The molecule has 1 heteroatoms. The van der Waals surface area contributed by atoms with Gasteiger partial charge in [-0.05, 0) is 104 Å². The summed E-state index contributed by atoms with van der Waals surface area (Å²) in [4.78, 5) is 0. The Labute approximate surface area is 215 Å². The van der Waals surface area contributed by atoms with Gasteiger partial charge in [-0.1, -0.05) is 87.9 Å². The number of ether oxygens (including phenoxy) is 1. The summed E-state index contributed by atoms with van der Waals surface area (Å²) in [7, 11) is 1.70. The number of allylic oxidation sites excluding steroid dienone is 8. The molecule has 3 aliphatic carbocycles. The smallest absolute Gasteiger partial charge is 0.122 e. The summed E-state index contributed by atoms with van der Waals surface area (Å²) in [5, 5.41) is 0. The van der Waals surface area contributed by atoms with Crippen LogP contribution in [0.3, 0.4) is 0 Å². The van der Waals surface area contributed by atoms with Gasteiger partial charge in [-0.25, -0.2) is 0 Å². The maximum atomic E-state index is 5.20. The molecule has 4 rings (SSSR count). The number of aryl methyl sites for hydroxylation is 1. The lowest BCUT2D eigenvalue weighted by Crippen LogP contribution is -2.34. The van der Waals surface area contributed by atoms with E-state index in [1.54, 1.807) is 18.2 Å². The predicted molar refractivity (Wildman–Crippen MR) is 153 cm³/mol. The van der Waals surface area contributed by atoms with Crippen molar-refractivity contribution >= 4 is 0 Å². The highest BCUT2D eigenvalue weighted by molar-refractivity contribution is 5.49. The highest BCUT2D eigenvalue weighted by Crippen LogP contribution is 2.46. The summed E-state index contributed by atoms with van der Waals surface area (Å²) in [6.45, 7) is 24.0. The molecule has 0 saturated heterocycles. The van der Waals surface area contributed by atoms with Gasteiger partial charge in [-0.2, -0.15) is 0 Å². The van der Waals surface area contributed by atoms with Gasteiger partial charge in [0, 0.05) is 5.57 Å². The van der Waals surface area contributed by atoms with E-state index < -0.39 is 0 Å². The first kappa shape index (κ1) is 27.1. The Hall–Kier alpha value is -2.54. The molecule has 0 radical (unpaired) electrons. The van der Waals surface area contributed by atoms with Gasteiger partial charge in [-0.3, -0.25) is 0 Å². The monoisotopic (exact) mass is 470 g/mol. The number of benzene rings is 1. The van der Waals surface area contributed by atoms with Crippen LogP contribution < -0.4 is 0 Å². The van der Waals surface area contributed by atoms with Crippen LogP contribution in [0.2, 0.25) is 0 Å². The van der Waals surface area contributed by atoms with Crippen molar-refractivity contribution in [3.63, 3.8) is 0 Å². The number of hydrogen-bond donors (Lipinski definition) is 0. The summed E-state index contributed by atoms with van der Waals surface area (Å²) >= 11 is 0. The topological polar surface area (TPSA) is 9.23 Å². The number of hydrogen-bond acceptors (Lipinski definition) is 1. The maximum absolute atomic E-state index is 5.20. The Balaban J connectivity index is 0.000000261. The standard InChI is InChI=1S/C24H32.C10H14O/c1-16(2)19-9-8-18(13-19)14-20-15-22-21(12-17(20)3)23(4,5)10-11-24(22,6)7;1-4-9-8(2)6-5-7-10(9)11-3/h8-9,12,15H,1,10-11,13-14H2,2-7H3;4,7H,1,5-6H2,2-3H3. The van der Waals surface area contributed by atoms with Crippen molar-refractivity contribution < 1.29 is 4.74 Å². The van der Waals surface area contributed by atoms with Crippen LogP contribution in [0.5, 0.6) is 0 Å². The average Bonchev–Trinajstić information content (AvgIpc) is 3.27. The molecule has 0 bridgehead atoms. The molecule has 0 heterocycles. The third-order valence-electron chi connectivity index (χ3n) is 8.21. The van der Waals surface area contributed by atoms with Gasteiger partial charge in [0.1, 0.15) is 5.76 Å². The Bertz CT molecular complexity index is 1130. The molecule has 0 aromatic heterocycles. The number of fused-ring (bicyclic) bond motifs is 1. The molecule has 0 fully saturated rings. The molecule has 0 aliphatic heterocycles. The SMILES string of the molecule is C=C(C)C1=CC=C(Cc2cc3c(cc2C)C(C)(C)CCC3(C)C)C1.C=CC1=C(C)CCC=C1OC. The first-order valence-corrected chi connectivity index (χ1v) is 13.2. The van der Waals surface area contributed by atoms with E-state index in [1.165, 1.54) is 51.8 Å². The van der Waals surface area contributed by atoms with Crippen molar-refractivity contribution in [2.24, 2.45) is 0 Å². The van der Waals surface area contributed by atoms with E-state index in [9.17, 15) is 0 Å². The van der Waals surface area contributed by atoms with Crippen LogP contribution in [-0.2, 0) is 22.0 Å². The van der Waals surface area contributed by atoms with Gasteiger partial charge in [0.15, 0.2) is 0 Å². The summed E-state index contributed by atoms with van der Waals surface area (Å²) in [6.07, 6.45) is 15.5. The van der Waals surface area contributed by atoms with Gasteiger partial charge in [0.2, 0.25) is 0 Å². The summed E-state index contributed by atoms with van der Waals surface area (Å²) in [6, 6.07) is 5.00. The Kier molecular flexibility index (Phi) is 8.20. The third kappa shape index (κ3) is 6.00. The molecule has 3 aliphatic rings. The van der Waals surface area contributed by atoms with Crippen molar-refractivity contribution in [3.8, 4) is 0 Å². The van der Waals surface area contributed by atoms with E-state index >= 15 is 0 Å². The minimum atomic E-state index is 0.290. The first-order valence-electron chi connectivity index (χ1n) is 13.2. The molecule has 188 valence electrons. The molecule has 0 amide bonds. The normalized spacial score (nSPS) is 20.1. The van der Waals surface area contributed by atoms with Gasteiger partial charge in [0.05, 0.1) is 7.11 Å². The van der Waals surface area contributed by atoms with E-state index in [0.29, 0.717) is 10.8 Å². The lowest BCUT2D eigenvalue weighted by atomic mass is 9.62.